The summed E-state index contributed by atoms with van der Waals surface area (Å²) < 4.78 is 38.9. The molecule has 0 spiro atoms. The van der Waals surface area contributed by atoms with Gasteiger partial charge in [0, 0.05) is 0 Å². The van der Waals surface area contributed by atoms with Gasteiger partial charge in [0.25, 0.3) is 0 Å². The summed E-state index contributed by atoms with van der Waals surface area (Å²) in [6, 6.07) is 1.53. The normalized spacial score (nSPS) is 11.2. The molecule has 98 valence electrons. The third-order valence-electron chi connectivity index (χ3n) is 2.39. The summed E-state index contributed by atoms with van der Waals surface area (Å²) in [5.41, 5.74) is -0.433. The zero-order valence-corrected chi connectivity index (χ0v) is 10.4. The van der Waals surface area contributed by atoms with Crippen LogP contribution in [0.5, 0.6) is 0 Å². The smallest absolute Gasteiger partial charge is 0.465 e. The third-order valence-corrected chi connectivity index (χ3v) is 3.19. The van der Waals surface area contributed by atoms with E-state index in [1.54, 1.807) is 0 Å². The molecule has 0 amide bonds. The van der Waals surface area contributed by atoms with Crippen LogP contribution in [0.25, 0.3) is 0 Å². The summed E-state index contributed by atoms with van der Waals surface area (Å²) in [6.07, 6.45) is 0. The standard InChI is InChI=1S/C9H10BFO6S/c1-5-7(9(12)17-2)3-6(18(11,15)16)4-8(5)10(13)14/h3-4,13-14H,1-2H3. The SMILES string of the molecule is COC(=O)c1cc(S(=O)(=O)F)cc(B(O)O)c1C. The molecule has 1 aromatic carbocycles. The number of rotatable bonds is 3. The van der Waals surface area contributed by atoms with Crippen molar-refractivity contribution in [2.75, 3.05) is 7.11 Å². The van der Waals surface area contributed by atoms with Crippen molar-refractivity contribution < 1.29 is 31.9 Å². The first-order valence-electron chi connectivity index (χ1n) is 4.72. The molecule has 0 radical (unpaired) electrons. The monoisotopic (exact) mass is 276 g/mol. The molecule has 0 aliphatic rings. The van der Waals surface area contributed by atoms with E-state index in [1.165, 1.54) is 6.92 Å². The number of ether oxygens (including phenoxy) is 1. The van der Waals surface area contributed by atoms with Crippen molar-refractivity contribution in [2.24, 2.45) is 0 Å². The van der Waals surface area contributed by atoms with Crippen LogP contribution in [0.15, 0.2) is 17.0 Å². The van der Waals surface area contributed by atoms with Crippen molar-refractivity contribution in [3.05, 3.63) is 23.3 Å². The first-order chi connectivity index (χ1) is 8.18. The molecular formula is C9H10BFO6S. The zero-order valence-electron chi connectivity index (χ0n) is 9.55. The van der Waals surface area contributed by atoms with E-state index in [1.807, 2.05) is 0 Å². The molecule has 0 aliphatic carbocycles. The fourth-order valence-corrected chi connectivity index (χ4v) is 1.97. The van der Waals surface area contributed by atoms with E-state index in [4.69, 9.17) is 10.0 Å². The fourth-order valence-electron chi connectivity index (χ4n) is 1.44. The van der Waals surface area contributed by atoms with Gasteiger partial charge in [-0.25, -0.2) is 4.79 Å². The van der Waals surface area contributed by atoms with Gasteiger partial charge in [-0.1, -0.05) is 0 Å². The predicted octanol–water partition coefficient (Wildman–Crippen LogP) is -0.880. The molecule has 1 aromatic rings. The third kappa shape index (κ3) is 2.86. The van der Waals surface area contributed by atoms with Gasteiger partial charge in [-0.15, -0.1) is 3.89 Å². The maximum Gasteiger partial charge on any atom is 0.488 e. The number of hydrogen-bond donors (Lipinski definition) is 2. The highest BCUT2D eigenvalue weighted by Gasteiger charge is 2.25. The summed E-state index contributed by atoms with van der Waals surface area (Å²) in [7, 11) is -6.04. The van der Waals surface area contributed by atoms with E-state index in [-0.39, 0.29) is 16.6 Å². The first-order valence-corrected chi connectivity index (χ1v) is 6.10. The highest BCUT2D eigenvalue weighted by Crippen LogP contribution is 2.17. The number of carbonyl (C=O) groups excluding carboxylic acids is 1. The Labute approximate surface area is 103 Å². The lowest BCUT2D eigenvalue weighted by molar-refractivity contribution is 0.0599. The van der Waals surface area contributed by atoms with Gasteiger partial charge in [-0.2, -0.15) is 8.42 Å². The topological polar surface area (TPSA) is 101 Å². The van der Waals surface area contributed by atoms with Crippen LogP contribution in [-0.2, 0) is 15.0 Å². The minimum Gasteiger partial charge on any atom is -0.465 e. The molecule has 0 atom stereocenters. The number of benzene rings is 1. The number of hydrogen-bond acceptors (Lipinski definition) is 6. The van der Waals surface area contributed by atoms with Gasteiger partial charge < -0.3 is 14.8 Å². The molecule has 2 N–H and O–H groups in total. The summed E-state index contributed by atoms with van der Waals surface area (Å²) in [5, 5.41) is 18.1. The molecule has 0 heterocycles. The number of esters is 1. The highest BCUT2D eigenvalue weighted by molar-refractivity contribution is 7.86. The molecular weight excluding hydrogens is 266 g/mol. The van der Waals surface area contributed by atoms with Gasteiger partial charge in [-0.3, -0.25) is 0 Å². The van der Waals surface area contributed by atoms with Gasteiger partial charge in [0.2, 0.25) is 0 Å². The number of carbonyl (C=O) groups is 1. The van der Waals surface area contributed by atoms with Crippen molar-refractivity contribution in [2.45, 2.75) is 11.8 Å². The van der Waals surface area contributed by atoms with Crippen LogP contribution in [0.2, 0.25) is 0 Å². The molecule has 0 aliphatic heterocycles. The lowest BCUT2D eigenvalue weighted by atomic mass is 9.76. The van der Waals surface area contributed by atoms with Crippen LogP contribution in [0.4, 0.5) is 3.89 Å². The maximum atomic E-state index is 12.9. The van der Waals surface area contributed by atoms with Crippen LogP contribution in [0.3, 0.4) is 0 Å². The Hall–Kier alpha value is -1.45. The van der Waals surface area contributed by atoms with Crippen LogP contribution in [-0.4, -0.2) is 38.7 Å². The minimum absolute atomic E-state index is 0.101. The Balaban J connectivity index is 3.62. The molecule has 18 heavy (non-hydrogen) atoms. The molecule has 0 saturated heterocycles. The molecule has 0 unspecified atom stereocenters. The Morgan fingerprint density at radius 3 is 2.33 bits per heavy atom. The summed E-state index contributed by atoms with van der Waals surface area (Å²) in [5.74, 6) is -0.903. The van der Waals surface area contributed by atoms with Crippen molar-refractivity contribution >= 4 is 28.8 Å². The second-order valence-electron chi connectivity index (χ2n) is 3.49. The molecule has 9 heteroatoms. The summed E-state index contributed by atoms with van der Waals surface area (Å²) in [4.78, 5) is 10.5. The maximum absolute atomic E-state index is 12.9. The van der Waals surface area contributed by atoms with Crippen LogP contribution < -0.4 is 5.46 Å². The average Bonchev–Trinajstić information content (AvgIpc) is 2.26. The van der Waals surface area contributed by atoms with Gasteiger partial charge in [0.15, 0.2) is 0 Å². The van der Waals surface area contributed by atoms with Gasteiger partial charge in [-0.05, 0) is 30.1 Å². The number of halogens is 1. The Morgan fingerprint density at radius 1 is 1.39 bits per heavy atom. The largest absolute Gasteiger partial charge is 0.488 e. The van der Waals surface area contributed by atoms with Gasteiger partial charge in [0.1, 0.15) is 0 Å². The highest BCUT2D eigenvalue weighted by atomic mass is 32.3. The van der Waals surface area contributed by atoms with Crippen LogP contribution in [0.1, 0.15) is 15.9 Å². The summed E-state index contributed by atoms with van der Waals surface area (Å²) >= 11 is 0. The molecule has 6 nitrogen and oxygen atoms in total. The minimum atomic E-state index is -5.07. The molecule has 0 saturated carbocycles. The van der Waals surface area contributed by atoms with Gasteiger partial charge in [0.05, 0.1) is 17.6 Å². The van der Waals surface area contributed by atoms with Gasteiger partial charge >= 0.3 is 23.3 Å². The second-order valence-corrected chi connectivity index (χ2v) is 4.84. The number of methoxy groups -OCH3 is 1. The van der Waals surface area contributed by atoms with Crippen LogP contribution >= 0.6 is 0 Å². The van der Waals surface area contributed by atoms with E-state index in [0.29, 0.717) is 0 Å². The molecule has 0 aromatic heterocycles. The Bertz CT molecular complexity index is 583. The van der Waals surface area contributed by atoms with Crippen LogP contribution in [0, 0.1) is 6.92 Å². The second kappa shape index (κ2) is 5.05. The zero-order chi connectivity index (χ0) is 14.1. The molecule has 1 rings (SSSR count). The van der Waals surface area contributed by atoms with Crippen molar-refractivity contribution in [1.29, 1.82) is 0 Å². The predicted molar refractivity (Wildman–Crippen MR) is 60.6 cm³/mol. The fraction of sp³-hybridized carbons (Fsp3) is 0.222. The summed E-state index contributed by atoms with van der Waals surface area (Å²) in [6.45, 7) is 1.36. The Kier molecular flexibility index (Phi) is 4.10. The van der Waals surface area contributed by atoms with E-state index < -0.39 is 28.2 Å². The van der Waals surface area contributed by atoms with E-state index in [9.17, 15) is 17.1 Å². The Morgan fingerprint density at radius 2 is 1.94 bits per heavy atom. The van der Waals surface area contributed by atoms with Crippen molar-refractivity contribution in [1.82, 2.24) is 0 Å². The van der Waals surface area contributed by atoms with E-state index in [2.05, 4.69) is 4.74 Å². The molecule has 0 fully saturated rings. The lowest BCUT2D eigenvalue weighted by Crippen LogP contribution is -2.34. The van der Waals surface area contributed by atoms with Crippen molar-refractivity contribution in [3.63, 3.8) is 0 Å². The van der Waals surface area contributed by atoms with Crippen molar-refractivity contribution in [3.8, 4) is 0 Å². The quantitative estimate of drug-likeness (QED) is 0.422. The average molecular weight is 276 g/mol. The van der Waals surface area contributed by atoms with E-state index >= 15 is 0 Å². The lowest BCUT2D eigenvalue weighted by Gasteiger charge is -2.11. The molecule has 0 bridgehead atoms. The van der Waals surface area contributed by atoms with E-state index in [0.717, 1.165) is 19.2 Å². The first kappa shape index (κ1) is 14.6.